The summed E-state index contributed by atoms with van der Waals surface area (Å²) < 4.78 is 18.5. The first-order valence-electron chi connectivity index (χ1n) is 6.17. The Balaban J connectivity index is 2.06. The molecule has 1 N–H and O–H groups in total. The number of methoxy groups -OCH3 is 1. The molecule has 1 amide bonds. The van der Waals surface area contributed by atoms with E-state index in [0.717, 1.165) is 11.1 Å². The van der Waals surface area contributed by atoms with E-state index in [2.05, 4.69) is 10.3 Å². The molecular formula is C15H15FN2O2. The first kappa shape index (κ1) is 14.1. The number of rotatable bonds is 5. The van der Waals surface area contributed by atoms with Crippen LogP contribution in [0.4, 0.5) is 4.39 Å². The minimum absolute atomic E-state index is 0.0586. The lowest BCUT2D eigenvalue weighted by molar-refractivity contribution is 0.0945. The van der Waals surface area contributed by atoms with Gasteiger partial charge in [0.1, 0.15) is 0 Å². The van der Waals surface area contributed by atoms with E-state index in [1.54, 1.807) is 7.11 Å². The predicted molar refractivity (Wildman–Crippen MR) is 72.5 cm³/mol. The number of benzene rings is 1. The van der Waals surface area contributed by atoms with Crippen molar-refractivity contribution in [2.75, 3.05) is 7.11 Å². The topological polar surface area (TPSA) is 51.2 Å². The number of carbonyl (C=O) groups is 1. The Bertz CT molecular complexity index is 602. The SMILES string of the molecule is COCc1ccccc1CNC(=O)c1cccnc1F. The highest BCUT2D eigenvalue weighted by molar-refractivity contribution is 5.94. The summed E-state index contributed by atoms with van der Waals surface area (Å²) in [5.41, 5.74) is 1.87. The monoisotopic (exact) mass is 274 g/mol. The zero-order valence-electron chi connectivity index (χ0n) is 11.1. The summed E-state index contributed by atoms with van der Waals surface area (Å²) in [5.74, 6) is -1.25. The van der Waals surface area contributed by atoms with Gasteiger partial charge < -0.3 is 10.1 Å². The number of halogens is 1. The summed E-state index contributed by atoms with van der Waals surface area (Å²) in [6.07, 6.45) is 1.31. The maximum atomic E-state index is 13.4. The Kier molecular flexibility index (Phi) is 4.79. The van der Waals surface area contributed by atoms with Gasteiger partial charge in [0.15, 0.2) is 0 Å². The normalized spacial score (nSPS) is 10.3. The van der Waals surface area contributed by atoms with Gasteiger partial charge in [0.2, 0.25) is 5.95 Å². The van der Waals surface area contributed by atoms with Crippen molar-refractivity contribution in [3.05, 3.63) is 65.2 Å². The molecule has 104 valence electrons. The van der Waals surface area contributed by atoms with Gasteiger partial charge in [0, 0.05) is 19.9 Å². The molecule has 4 nitrogen and oxygen atoms in total. The van der Waals surface area contributed by atoms with Crippen LogP contribution >= 0.6 is 0 Å². The van der Waals surface area contributed by atoms with Crippen LogP contribution in [0.5, 0.6) is 0 Å². The number of ether oxygens (including phenoxy) is 1. The first-order valence-corrected chi connectivity index (χ1v) is 6.17. The quantitative estimate of drug-likeness (QED) is 0.851. The number of aromatic nitrogens is 1. The maximum absolute atomic E-state index is 13.4. The fraction of sp³-hybridized carbons (Fsp3) is 0.200. The molecule has 0 radical (unpaired) electrons. The van der Waals surface area contributed by atoms with Crippen LogP contribution in [-0.2, 0) is 17.9 Å². The molecule has 0 spiro atoms. The predicted octanol–water partition coefficient (Wildman–Crippen LogP) is 2.30. The van der Waals surface area contributed by atoms with Crippen LogP contribution < -0.4 is 5.32 Å². The van der Waals surface area contributed by atoms with Gasteiger partial charge in [-0.3, -0.25) is 4.79 Å². The molecule has 0 aliphatic carbocycles. The molecule has 2 aromatic rings. The van der Waals surface area contributed by atoms with Gasteiger partial charge in [0.25, 0.3) is 5.91 Å². The molecule has 0 bridgehead atoms. The van der Waals surface area contributed by atoms with Crippen molar-refractivity contribution in [3.8, 4) is 0 Å². The average Bonchev–Trinajstić information content (AvgIpc) is 2.47. The van der Waals surface area contributed by atoms with Gasteiger partial charge in [-0.1, -0.05) is 24.3 Å². The zero-order chi connectivity index (χ0) is 14.4. The zero-order valence-corrected chi connectivity index (χ0v) is 11.1. The van der Waals surface area contributed by atoms with E-state index in [1.165, 1.54) is 18.3 Å². The molecule has 5 heteroatoms. The van der Waals surface area contributed by atoms with Gasteiger partial charge in [-0.15, -0.1) is 0 Å². The van der Waals surface area contributed by atoms with E-state index >= 15 is 0 Å². The summed E-state index contributed by atoms with van der Waals surface area (Å²) in [7, 11) is 1.61. The Morgan fingerprint density at radius 3 is 2.70 bits per heavy atom. The lowest BCUT2D eigenvalue weighted by atomic mass is 10.1. The van der Waals surface area contributed by atoms with Gasteiger partial charge >= 0.3 is 0 Å². The van der Waals surface area contributed by atoms with Crippen molar-refractivity contribution in [1.82, 2.24) is 10.3 Å². The van der Waals surface area contributed by atoms with E-state index in [4.69, 9.17) is 4.74 Å². The van der Waals surface area contributed by atoms with Crippen LogP contribution in [0.25, 0.3) is 0 Å². The van der Waals surface area contributed by atoms with Crippen LogP contribution in [-0.4, -0.2) is 18.0 Å². The molecule has 0 saturated carbocycles. The molecule has 0 saturated heterocycles. The second-order valence-electron chi connectivity index (χ2n) is 4.23. The average molecular weight is 274 g/mol. The third-order valence-electron chi connectivity index (χ3n) is 2.86. The number of nitrogens with zero attached hydrogens (tertiary/aromatic N) is 1. The fourth-order valence-corrected chi connectivity index (χ4v) is 1.85. The molecule has 0 atom stereocenters. The van der Waals surface area contributed by atoms with Gasteiger partial charge in [0.05, 0.1) is 12.2 Å². The Morgan fingerprint density at radius 2 is 2.00 bits per heavy atom. The Hall–Kier alpha value is -2.27. The Labute approximate surface area is 116 Å². The van der Waals surface area contributed by atoms with Crippen LogP contribution in [0.3, 0.4) is 0 Å². The maximum Gasteiger partial charge on any atom is 0.256 e. The third kappa shape index (κ3) is 3.39. The number of amides is 1. The molecule has 0 unspecified atom stereocenters. The largest absolute Gasteiger partial charge is 0.380 e. The molecule has 1 aromatic heterocycles. The smallest absolute Gasteiger partial charge is 0.256 e. The van der Waals surface area contributed by atoms with Gasteiger partial charge in [-0.05, 0) is 23.3 Å². The van der Waals surface area contributed by atoms with Crippen LogP contribution in [0.2, 0.25) is 0 Å². The number of pyridine rings is 1. The molecular weight excluding hydrogens is 259 g/mol. The summed E-state index contributed by atoms with van der Waals surface area (Å²) in [6, 6.07) is 10.5. The van der Waals surface area contributed by atoms with E-state index in [1.807, 2.05) is 24.3 Å². The summed E-state index contributed by atoms with van der Waals surface area (Å²) in [6.45, 7) is 0.778. The van der Waals surface area contributed by atoms with Crippen LogP contribution in [0.15, 0.2) is 42.6 Å². The van der Waals surface area contributed by atoms with Crippen LogP contribution in [0, 0.1) is 5.95 Å². The number of hydrogen-bond donors (Lipinski definition) is 1. The Morgan fingerprint density at radius 1 is 1.25 bits per heavy atom. The van der Waals surface area contributed by atoms with Gasteiger partial charge in [-0.2, -0.15) is 4.39 Å². The molecule has 2 rings (SSSR count). The highest BCUT2D eigenvalue weighted by Crippen LogP contribution is 2.10. The van der Waals surface area contributed by atoms with Crippen molar-refractivity contribution >= 4 is 5.91 Å². The minimum atomic E-state index is -0.768. The van der Waals surface area contributed by atoms with Crippen molar-refractivity contribution in [2.45, 2.75) is 13.2 Å². The molecule has 0 fully saturated rings. The second kappa shape index (κ2) is 6.77. The highest BCUT2D eigenvalue weighted by atomic mass is 19.1. The summed E-state index contributed by atoms with van der Waals surface area (Å²) in [5, 5.41) is 2.68. The lowest BCUT2D eigenvalue weighted by Gasteiger charge is -2.10. The van der Waals surface area contributed by atoms with E-state index in [-0.39, 0.29) is 5.56 Å². The third-order valence-corrected chi connectivity index (χ3v) is 2.86. The molecule has 1 aromatic carbocycles. The molecule has 0 aliphatic rings. The second-order valence-corrected chi connectivity index (χ2v) is 4.23. The van der Waals surface area contributed by atoms with Gasteiger partial charge in [-0.25, -0.2) is 4.98 Å². The van der Waals surface area contributed by atoms with E-state index in [9.17, 15) is 9.18 Å². The fourth-order valence-electron chi connectivity index (χ4n) is 1.85. The number of carbonyl (C=O) groups excluding carboxylic acids is 1. The van der Waals surface area contributed by atoms with Crippen molar-refractivity contribution in [1.29, 1.82) is 0 Å². The van der Waals surface area contributed by atoms with Crippen LogP contribution in [0.1, 0.15) is 21.5 Å². The highest BCUT2D eigenvalue weighted by Gasteiger charge is 2.12. The minimum Gasteiger partial charge on any atom is -0.380 e. The number of hydrogen-bond acceptors (Lipinski definition) is 3. The number of nitrogens with one attached hydrogen (secondary N) is 1. The van der Waals surface area contributed by atoms with E-state index < -0.39 is 11.9 Å². The standard InChI is InChI=1S/C15H15FN2O2/c1-20-10-12-6-3-2-5-11(12)9-18-15(19)13-7-4-8-17-14(13)16/h2-8H,9-10H2,1H3,(H,18,19). The van der Waals surface area contributed by atoms with Crippen molar-refractivity contribution in [3.63, 3.8) is 0 Å². The molecule has 0 aliphatic heterocycles. The summed E-state index contributed by atoms with van der Waals surface area (Å²) in [4.78, 5) is 15.3. The first-order chi connectivity index (χ1) is 9.72. The lowest BCUT2D eigenvalue weighted by Crippen LogP contribution is -2.24. The summed E-state index contributed by atoms with van der Waals surface area (Å²) >= 11 is 0. The van der Waals surface area contributed by atoms with Crippen molar-refractivity contribution in [2.24, 2.45) is 0 Å². The molecule has 1 heterocycles. The van der Waals surface area contributed by atoms with Crippen molar-refractivity contribution < 1.29 is 13.9 Å². The molecule has 20 heavy (non-hydrogen) atoms. The van der Waals surface area contributed by atoms with E-state index in [0.29, 0.717) is 13.2 Å².